The Hall–Kier alpha value is -3.87. The molecule has 2 N–H and O–H groups in total. The van der Waals surface area contributed by atoms with Crippen LogP contribution in [-0.2, 0) is 14.3 Å². The number of nitrogens with zero attached hydrogens (tertiary/aromatic N) is 1. The number of amides is 3. The Morgan fingerprint density at radius 2 is 1.49 bits per heavy atom. The van der Waals surface area contributed by atoms with Gasteiger partial charge in [-0.3, -0.25) is 9.59 Å². The first-order chi connectivity index (χ1) is 19.1. The van der Waals surface area contributed by atoms with Gasteiger partial charge < -0.3 is 20.3 Å². The maximum absolute atomic E-state index is 14.5. The van der Waals surface area contributed by atoms with Crippen LogP contribution in [0.2, 0.25) is 0 Å². The van der Waals surface area contributed by atoms with Gasteiger partial charge in [-0.15, -0.1) is 0 Å². The molecule has 0 radical (unpaired) electrons. The first kappa shape index (κ1) is 31.7. The van der Waals surface area contributed by atoms with E-state index >= 15 is 0 Å². The first-order valence-electron chi connectivity index (χ1n) is 14.3. The first-order valence-corrected chi connectivity index (χ1v) is 14.3. The van der Waals surface area contributed by atoms with Gasteiger partial charge in [0.05, 0.1) is 0 Å². The topological polar surface area (TPSA) is 87.7 Å². The van der Waals surface area contributed by atoms with Crippen LogP contribution in [0.3, 0.4) is 0 Å². The molecule has 0 saturated heterocycles. The molecule has 3 rings (SSSR count). The minimum Gasteiger partial charge on any atom is -0.444 e. The molecule has 0 aliphatic carbocycles. The molecule has 0 aromatic heterocycles. The average molecular weight is 560 g/mol. The molecule has 7 nitrogen and oxygen atoms in total. The summed E-state index contributed by atoms with van der Waals surface area (Å²) in [4.78, 5) is 43.1. The molecule has 0 saturated carbocycles. The van der Waals surface area contributed by atoms with Crippen molar-refractivity contribution < 1.29 is 19.1 Å². The molecule has 3 aromatic rings. The largest absolute Gasteiger partial charge is 0.444 e. The lowest BCUT2D eigenvalue weighted by atomic mass is 9.90. The molecule has 220 valence electrons. The molecular weight excluding hydrogens is 514 g/mol. The van der Waals surface area contributed by atoms with E-state index in [0.29, 0.717) is 17.7 Å². The lowest BCUT2D eigenvalue weighted by molar-refractivity contribution is -0.148. The minimum atomic E-state index is -0.953. The molecule has 3 aromatic carbocycles. The summed E-state index contributed by atoms with van der Waals surface area (Å²) in [6.45, 7) is 16.9. The highest BCUT2D eigenvalue weighted by Crippen LogP contribution is 2.34. The molecule has 2 unspecified atom stereocenters. The van der Waals surface area contributed by atoms with Crippen molar-refractivity contribution >= 4 is 34.4 Å². The highest BCUT2D eigenvalue weighted by Gasteiger charge is 2.44. The van der Waals surface area contributed by atoms with Crippen LogP contribution in [0.15, 0.2) is 66.7 Å². The van der Waals surface area contributed by atoms with E-state index < -0.39 is 29.3 Å². The van der Waals surface area contributed by atoms with Crippen molar-refractivity contribution in [3.63, 3.8) is 0 Å². The van der Waals surface area contributed by atoms with Gasteiger partial charge in [-0.05, 0) is 82.3 Å². The zero-order valence-corrected chi connectivity index (χ0v) is 25.9. The third-order valence-electron chi connectivity index (χ3n) is 7.28. The number of alkyl carbamates (subject to hydrolysis) is 1. The second kappa shape index (κ2) is 12.8. The van der Waals surface area contributed by atoms with E-state index in [1.807, 2.05) is 108 Å². The summed E-state index contributed by atoms with van der Waals surface area (Å²) in [5.74, 6) is -0.942. The molecule has 7 heteroatoms. The number of ether oxygens (including phenoxy) is 1. The van der Waals surface area contributed by atoms with E-state index in [9.17, 15) is 14.4 Å². The lowest BCUT2D eigenvalue weighted by Crippen LogP contribution is -2.60. The number of hydrogen-bond donors (Lipinski definition) is 2. The zero-order valence-electron chi connectivity index (χ0n) is 25.9. The van der Waals surface area contributed by atoms with Crippen molar-refractivity contribution in [2.45, 2.75) is 92.0 Å². The highest BCUT2D eigenvalue weighted by atomic mass is 16.6. The second-order valence-electron chi connectivity index (χ2n) is 12.6. The number of benzene rings is 3. The van der Waals surface area contributed by atoms with Gasteiger partial charge in [-0.1, -0.05) is 80.9 Å². The molecule has 41 heavy (non-hydrogen) atoms. The lowest BCUT2D eigenvalue weighted by Gasteiger charge is -2.45. The Labute approximate surface area is 244 Å². The van der Waals surface area contributed by atoms with Crippen LogP contribution in [0.4, 0.5) is 10.5 Å². The molecule has 0 aliphatic rings. The second-order valence-corrected chi connectivity index (χ2v) is 12.6. The number of hydrogen-bond acceptors (Lipinski definition) is 4. The summed E-state index contributed by atoms with van der Waals surface area (Å²) in [6.07, 6.45) is -0.0898. The predicted octanol–water partition coefficient (Wildman–Crippen LogP) is 7.39. The van der Waals surface area contributed by atoms with Crippen LogP contribution in [0.1, 0.15) is 79.0 Å². The normalized spacial score (nSPS) is 13.4. The molecular formula is C34H45N3O4. The van der Waals surface area contributed by atoms with Crippen LogP contribution < -0.4 is 10.6 Å². The predicted molar refractivity (Wildman–Crippen MR) is 166 cm³/mol. The Balaban J connectivity index is 2.09. The van der Waals surface area contributed by atoms with Crippen LogP contribution in [0.5, 0.6) is 0 Å². The fourth-order valence-electron chi connectivity index (χ4n) is 4.69. The van der Waals surface area contributed by atoms with E-state index in [4.69, 9.17) is 4.74 Å². The number of fused-ring (bicyclic) bond motifs is 1. The van der Waals surface area contributed by atoms with E-state index in [0.717, 1.165) is 16.3 Å². The Morgan fingerprint density at radius 3 is 2.05 bits per heavy atom. The van der Waals surface area contributed by atoms with Crippen LogP contribution in [0, 0.1) is 12.8 Å². The summed E-state index contributed by atoms with van der Waals surface area (Å²) in [7, 11) is 0. The Kier molecular flexibility index (Phi) is 9.85. The van der Waals surface area contributed by atoms with Crippen molar-refractivity contribution in [2.24, 2.45) is 5.92 Å². The third-order valence-corrected chi connectivity index (χ3v) is 7.28. The number of carbonyl (C=O) groups excluding carboxylic acids is 3. The molecule has 3 amide bonds. The summed E-state index contributed by atoms with van der Waals surface area (Å²) in [5, 5.41) is 7.93. The SMILES string of the molecule is CCC(C)(C)N(C(=O)C(NC(=O)OC(C)(C)C)C(C)C)C(C(=O)Nc1ccc2ccccc2c1)c1ccc(C)cc1. The van der Waals surface area contributed by atoms with E-state index in [1.54, 1.807) is 25.7 Å². The van der Waals surface area contributed by atoms with Crippen molar-refractivity contribution in [2.75, 3.05) is 5.32 Å². The summed E-state index contributed by atoms with van der Waals surface area (Å²) in [6, 6.07) is 19.5. The number of rotatable bonds is 9. The van der Waals surface area contributed by atoms with Gasteiger partial charge in [-0.2, -0.15) is 0 Å². The Morgan fingerprint density at radius 1 is 0.878 bits per heavy atom. The Bertz CT molecular complexity index is 1370. The van der Waals surface area contributed by atoms with Crippen LogP contribution in [0.25, 0.3) is 10.8 Å². The number of anilines is 1. The van der Waals surface area contributed by atoms with Crippen molar-refractivity contribution in [1.29, 1.82) is 0 Å². The summed E-state index contributed by atoms with van der Waals surface area (Å²) in [5.41, 5.74) is 0.919. The van der Waals surface area contributed by atoms with Gasteiger partial charge in [-0.25, -0.2) is 4.79 Å². The fourth-order valence-corrected chi connectivity index (χ4v) is 4.69. The standard InChI is InChI=1S/C34H45N3O4/c1-10-34(8,9)37(31(39)28(22(2)3)36-32(40)41-33(5,6)7)29(25-17-15-23(4)16-18-25)30(38)35-27-20-19-24-13-11-12-14-26(24)21-27/h11-22,28-29H,10H2,1-9H3,(H,35,38)(H,36,40). The number of carbonyl (C=O) groups is 3. The summed E-state index contributed by atoms with van der Waals surface area (Å²) < 4.78 is 5.48. The number of aryl methyl sites for hydroxylation is 1. The molecule has 2 atom stereocenters. The average Bonchev–Trinajstić information content (AvgIpc) is 2.89. The van der Waals surface area contributed by atoms with Crippen LogP contribution >= 0.6 is 0 Å². The monoisotopic (exact) mass is 559 g/mol. The quantitative estimate of drug-likeness (QED) is 0.286. The molecule has 0 spiro atoms. The zero-order chi connectivity index (χ0) is 30.5. The van der Waals surface area contributed by atoms with Gasteiger partial charge in [0.1, 0.15) is 17.7 Å². The van der Waals surface area contributed by atoms with Gasteiger partial charge in [0.15, 0.2) is 0 Å². The summed E-state index contributed by atoms with van der Waals surface area (Å²) >= 11 is 0. The van der Waals surface area contributed by atoms with E-state index in [-0.39, 0.29) is 17.7 Å². The number of nitrogens with one attached hydrogen (secondary N) is 2. The molecule has 0 aliphatic heterocycles. The van der Waals surface area contributed by atoms with Crippen molar-refractivity contribution in [1.82, 2.24) is 10.2 Å². The molecule has 0 bridgehead atoms. The van der Waals surface area contributed by atoms with E-state index in [1.165, 1.54) is 0 Å². The maximum atomic E-state index is 14.5. The van der Waals surface area contributed by atoms with Crippen molar-refractivity contribution in [3.05, 3.63) is 77.9 Å². The minimum absolute atomic E-state index is 0.257. The highest BCUT2D eigenvalue weighted by molar-refractivity contribution is 6.00. The van der Waals surface area contributed by atoms with E-state index in [2.05, 4.69) is 10.6 Å². The third kappa shape index (κ3) is 8.09. The smallest absolute Gasteiger partial charge is 0.408 e. The van der Waals surface area contributed by atoms with Gasteiger partial charge >= 0.3 is 6.09 Å². The van der Waals surface area contributed by atoms with Gasteiger partial charge in [0.2, 0.25) is 5.91 Å². The molecule has 0 fully saturated rings. The maximum Gasteiger partial charge on any atom is 0.408 e. The van der Waals surface area contributed by atoms with Crippen LogP contribution in [-0.4, -0.2) is 40.0 Å². The van der Waals surface area contributed by atoms with Gasteiger partial charge in [0.25, 0.3) is 5.91 Å². The van der Waals surface area contributed by atoms with Crippen molar-refractivity contribution in [3.8, 4) is 0 Å². The fraction of sp³-hybridized carbons (Fsp3) is 0.441. The molecule has 0 heterocycles. The van der Waals surface area contributed by atoms with Gasteiger partial charge in [0, 0.05) is 11.2 Å².